The quantitative estimate of drug-likeness (QED) is 0.405. The summed E-state index contributed by atoms with van der Waals surface area (Å²) in [7, 11) is 0. The van der Waals surface area contributed by atoms with Gasteiger partial charge in [-0.3, -0.25) is 4.79 Å². The first-order valence-corrected chi connectivity index (χ1v) is 7.17. The monoisotopic (exact) mass is 282 g/mol. The van der Waals surface area contributed by atoms with E-state index in [-0.39, 0.29) is 5.97 Å². The number of rotatable bonds is 5. The molecule has 0 aromatic heterocycles. The smallest absolute Gasteiger partial charge is 0.308 e. The molecule has 0 aromatic carbocycles. The number of hydrogen-bond acceptors (Lipinski definition) is 2. The Bertz CT molecular complexity index is 421. The highest BCUT2D eigenvalue weighted by Crippen LogP contribution is 2.17. The molecule has 0 saturated heterocycles. The zero-order valence-electron chi connectivity index (χ0n) is 12.5. The van der Waals surface area contributed by atoms with Crippen LogP contribution in [0.3, 0.4) is 0 Å². The van der Waals surface area contributed by atoms with Crippen molar-refractivity contribution >= 4 is 17.6 Å². The zero-order valence-corrected chi connectivity index (χ0v) is 13.3. The summed E-state index contributed by atoms with van der Waals surface area (Å²) < 4.78 is 5.18. The van der Waals surface area contributed by atoms with Crippen molar-refractivity contribution < 1.29 is 9.53 Å². The number of esters is 1. The molecule has 0 atom stereocenters. The van der Waals surface area contributed by atoms with Crippen molar-refractivity contribution in [2.45, 2.75) is 60.3 Å². The largest absolute Gasteiger partial charge is 0.417 e. The first-order valence-electron chi connectivity index (χ1n) is 6.79. The Morgan fingerprint density at radius 3 is 1.79 bits per heavy atom. The van der Waals surface area contributed by atoms with E-state index in [0.29, 0.717) is 10.8 Å². The molecule has 0 bridgehead atoms. The van der Waals surface area contributed by atoms with Crippen LogP contribution >= 0.6 is 11.6 Å². The molecule has 19 heavy (non-hydrogen) atoms. The minimum atomic E-state index is -0.352. The van der Waals surface area contributed by atoms with Crippen molar-refractivity contribution in [3.05, 3.63) is 21.9 Å². The summed E-state index contributed by atoms with van der Waals surface area (Å²) in [4.78, 5) is 11.1. The Morgan fingerprint density at radius 2 is 1.42 bits per heavy atom. The second kappa shape index (κ2) is 9.69. The van der Waals surface area contributed by atoms with Crippen LogP contribution in [0.2, 0.25) is 0 Å². The fraction of sp³-hybridized carbons (Fsp3) is 0.562. The van der Waals surface area contributed by atoms with Gasteiger partial charge < -0.3 is 4.74 Å². The van der Waals surface area contributed by atoms with Gasteiger partial charge in [0.2, 0.25) is 0 Å². The lowest BCUT2D eigenvalue weighted by Crippen LogP contribution is -2.01. The van der Waals surface area contributed by atoms with Crippen LogP contribution in [0.25, 0.3) is 0 Å². The van der Waals surface area contributed by atoms with Gasteiger partial charge in [-0.25, -0.2) is 0 Å². The second-order valence-corrected chi connectivity index (χ2v) is 4.49. The van der Waals surface area contributed by atoms with E-state index in [0.717, 1.165) is 36.8 Å². The Labute approximate surface area is 121 Å². The summed E-state index contributed by atoms with van der Waals surface area (Å²) >= 11 is 6.16. The maximum Gasteiger partial charge on any atom is 0.308 e. The predicted octanol–water partition coefficient (Wildman–Crippen LogP) is 4.94. The number of ether oxygens (including phenoxy) is 1. The Balaban J connectivity index is 5.43. The van der Waals surface area contributed by atoms with Crippen molar-refractivity contribution in [2.24, 2.45) is 0 Å². The van der Waals surface area contributed by atoms with E-state index in [4.69, 9.17) is 16.3 Å². The van der Waals surface area contributed by atoms with Crippen molar-refractivity contribution in [3.63, 3.8) is 0 Å². The van der Waals surface area contributed by atoms with E-state index >= 15 is 0 Å². The van der Waals surface area contributed by atoms with E-state index < -0.39 is 0 Å². The molecule has 0 aliphatic rings. The fourth-order valence-electron chi connectivity index (χ4n) is 1.66. The molecule has 3 heteroatoms. The number of hydrogen-bond donors (Lipinski definition) is 0. The Kier molecular flexibility index (Phi) is 9.08. The number of carbonyl (C=O) groups is 1. The average Bonchev–Trinajstić information content (AvgIpc) is 2.38. The number of halogens is 1. The first-order chi connectivity index (χ1) is 8.99. The van der Waals surface area contributed by atoms with Gasteiger partial charge in [-0.05, 0) is 48.7 Å². The van der Waals surface area contributed by atoms with Crippen LogP contribution in [0, 0.1) is 11.8 Å². The summed E-state index contributed by atoms with van der Waals surface area (Å²) in [6.07, 6.45) is 3.38. The normalized spacial score (nSPS) is 9.16. The number of carbonyl (C=O) groups excluding carboxylic acids is 1. The van der Waals surface area contributed by atoms with Gasteiger partial charge in [-0.2, -0.15) is 0 Å². The highest BCUT2D eigenvalue weighted by Gasteiger charge is 2.06. The van der Waals surface area contributed by atoms with Crippen LogP contribution < -0.4 is 0 Å². The van der Waals surface area contributed by atoms with Gasteiger partial charge in [-0.1, -0.05) is 39.3 Å². The van der Waals surface area contributed by atoms with Crippen LogP contribution in [-0.4, -0.2) is 5.97 Å². The minimum absolute atomic E-state index is 0.352. The molecular weight excluding hydrogens is 260 g/mol. The standard InChI is InChI=1S/C16H23ClO2/c1-6-13(7-2)15(17)10-11-16(19-12(5)18)14(8-3)9-4/h6-9H2,1-5H3. The summed E-state index contributed by atoms with van der Waals surface area (Å²) in [5.74, 6) is 5.89. The minimum Gasteiger partial charge on any atom is -0.417 e. The van der Waals surface area contributed by atoms with Crippen molar-refractivity contribution in [1.29, 1.82) is 0 Å². The third-order valence-corrected chi connectivity index (χ3v) is 3.23. The Hall–Kier alpha value is -1.20. The van der Waals surface area contributed by atoms with Crippen LogP contribution in [-0.2, 0) is 9.53 Å². The number of allylic oxidation sites excluding steroid dienone is 4. The topological polar surface area (TPSA) is 26.3 Å². The average molecular weight is 283 g/mol. The maximum absolute atomic E-state index is 11.1. The van der Waals surface area contributed by atoms with Crippen molar-refractivity contribution in [2.75, 3.05) is 0 Å². The van der Waals surface area contributed by atoms with Crippen molar-refractivity contribution in [1.82, 2.24) is 0 Å². The zero-order chi connectivity index (χ0) is 14.8. The molecule has 0 radical (unpaired) electrons. The molecular formula is C16H23ClO2. The predicted molar refractivity (Wildman–Crippen MR) is 80.6 cm³/mol. The van der Waals surface area contributed by atoms with Gasteiger partial charge in [-0.15, -0.1) is 0 Å². The molecule has 0 rings (SSSR count). The first kappa shape index (κ1) is 17.8. The van der Waals surface area contributed by atoms with Crippen molar-refractivity contribution in [3.8, 4) is 11.8 Å². The van der Waals surface area contributed by atoms with Gasteiger partial charge >= 0.3 is 5.97 Å². The van der Waals surface area contributed by atoms with E-state index in [1.807, 2.05) is 13.8 Å². The van der Waals surface area contributed by atoms with E-state index in [1.165, 1.54) is 6.92 Å². The van der Waals surface area contributed by atoms with Crippen LogP contribution in [0.15, 0.2) is 21.9 Å². The van der Waals surface area contributed by atoms with Gasteiger partial charge in [0, 0.05) is 6.92 Å². The van der Waals surface area contributed by atoms with Crippen LogP contribution in [0.1, 0.15) is 60.3 Å². The molecule has 0 aliphatic heterocycles. The highest BCUT2D eigenvalue weighted by molar-refractivity contribution is 6.32. The molecule has 0 aliphatic carbocycles. The van der Waals surface area contributed by atoms with Gasteiger partial charge in [0.25, 0.3) is 0 Å². The molecule has 0 unspecified atom stereocenters. The summed E-state index contributed by atoms with van der Waals surface area (Å²) in [6, 6.07) is 0. The fourth-order valence-corrected chi connectivity index (χ4v) is 1.98. The van der Waals surface area contributed by atoms with Crippen LogP contribution in [0.4, 0.5) is 0 Å². The Morgan fingerprint density at radius 1 is 0.947 bits per heavy atom. The van der Waals surface area contributed by atoms with Gasteiger partial charge in [0.15, 0.2) is 5.76 Å². The summed E-state index contributed by atoms with van der Waals surface area (Å²) in [5, 5.41) is 0.557. The molecule has 0 saturated carbocycles. The summed E-state index contributed by atoms with van der Waals surface area (Å²) in [5.41, 5.74) is 2.15. The molecule has 0 fully saturated rings. The summed E-state index contributed by atoms with van der Waals surface area (Å²) in [6.45, 7) is 9.52. The molecule has 0 amide bonds. The van der Waals surface area contributed by atoms with Crippen LogP contribution in [0.5, 0.6) is 0 Å². The molecule has 0 N–H and O–H groups in total. The second-order valence-electron chi connectivity index (χ2n) is 4.11. The lowest BCUT2D eigenvalue weighted by molar-refractivity contribution is -0.136. The molecule has 0 aromatic rings. The van der Waals surface area contributed by atoms with E-state index in [2.05, 4.69) is 25.7 Å². The maximum atomic E-state index is 11.1. The SMILES string of the molecule is CCC(CC)=C(Cl)C#CC(OC(C)=O)=C(CC)CC. The van der Waals surface area contributed by atoms with E-state index in [9.17, 15) is 4.79 Å². The molecule has 2 nitrogen and oxygen atoms in total. The molecule has 0 heterocycles. The molecule has 106 valence electrons. The molecule has 0 spiro atoms. The third-order valence-electron chi connectivity index (χ3n) is 2.87. The van der Waals surface area contributed by atoms with Gasteiger partial charge in [0.05, 0.1) is 5.03 Å². The van der Waals surface area contributed by atoms with E-state index in [1.54, 1.807) is 0 Å². The lowest BCUT2D eigenvalue weighted by Gasteiger charge is -2.06. The lowest BCUT2D eigenvalue weighted by atomic mass is 10.1. The highest BCUT2D eigenvalue weighted by atomic mass is 35.5. The van der Waals surface area contributed by atoms with Gasteiger partial charge in [0.1, 0.15) is 0 Å². The third kappa shape index (κ3) is 6.50.